The molecule has 0 N–H and O–H groups in total. The summed E-state index contributed by atoms with van der Waals surface area (Å²) in [5, 5.41) is 5.18. The molecule has 0 aliphatic carbocycles. The van der Waals surface area contributed by atoms with Gasteiger partial charge in [-0.3, -0.25) is 0 Å². The fourth-order valence-corrected chi connectivity index (χ4v) is 4.03. The van der Waals surface area contributed by atoms with Crippen molar-refractivity contribution in [2.45, 2.75) is 20.3 Å². The minimum atomic E-state index is -4.94. The minimum absolute atomic E-state index is 0.672. The maximum atomic E-state index is 8.49. The lowest BCUT2D eigenvalue weighted by atomic mass is 9.96. The second-order valence-corrected chi connectivity index (χ2v) is 8.09. The Kier molecular flexibility index (Phi) is 7.54. The molecule has 34 heavy (non-hydrogen) atoms. The number of halogens is 1. The number of hydrogen-bond acceptors (Lipinski definition) is 8. The molecule has 0 saturated carbocycles. The van der Waals surface area contributed by atoms with Gasteiger partial charge in [-0.25, -0.2) is 23.1 Å². The molecule has 0 bridgehead atoms. The third-order valence-electron chi connectivity index (χ3n) is 5.43. The van der Waals surface area contributed by atoms with Gasteiger partial charge in [0, 0.05) is 17.5 Å². The summed E-state index contributed by atoms with van der Waals surface area (Å²) >= 11 is 0. The van der Waals surface area contributed by atoms with E-state index in [1.54, 1.807) is 28.4 Å². The Bertz CT molecular complexity index is 1340. The molecule has 0 spiro atoms. The van der Waals surface area contributed by atoms with Crippen LogP contribution in [0.1, 0.15) is 18.2 Å². The molecule has 0 atom stereocenters. The van der Waals surface area contributed by atoms with Crippen molar-refractivity contribution in [3.8, 4) is 23.0 Å². The Balaban J connectivity index is 0.000000588. The van der Waals surface area contributed by atoms with Gasteiger partial charge in [0.05, 0.1) is 51.0 Å². The number of benzene rings is 3. The Labute approximate surface area is 198 Å². The molecule has 4 rings (SSSR count). The van der Waals surface area contributed by atoms with Crippen LogP contribution in [0.2, 0.25) is 0 Å². The van der Waals surface area contributed by atoms with Crippen LogP contribution in [0, 0.1) is 17.2 Å². The fourth-order valence-electron chi connectivity index (χ4n) is 4.03. The summed E-state index contributed by atoms with van der Waals surface area (Å²) in [5.74, 6) is 3.65. The molecule has 0 aliphatic heterocycles. The predicted octanol–water partition coefficient (Wildman–Crippen LogP) is 1.17. The summed E-state index contributed by atoms with van der Waals surface area (Å²) in [6, 6.07) is 10.1. The first kappa shape index (κ1) is 25.5. The number of ether oxygens (including phenoxy) is 4. The van der Waals surface area contributed by atoms with E-state index in [1.165, 1.54) is 0 Å². The van der Waals surface area contributed by atoms with E-state index in [1.807, 2.05) is 24.3 Å². The van der Waals surface area contributed by atoms with Crippen LogP contribution >= 0.6 is 0 Å². The van der Waals surface area contributed by atoms with Crippen molar-refractivity contribution >= 4 is 32.5 Å². The molecule has 0 amide bonds. The smallest absolute Gasteiger partial charge is 0.369 e. The normalized spacial score (nSPS) is 11.4. The number of methoxy groups -OCH3 is 4. The van der Waals surface area contributed by atoms with Crippen LogP contribution in [-0.4, -0.2) is 28.4 Å². The van der Waals surface area contributed by atoms with Gasteiger partial charge in [-0.05, 0) is 36.1 Å². The summed E-state index contributed by atoms with van der Waals surface area (Å²) in [7, 11) is 1.64. The van der Waals surface area contributed by atoms with Crippen molar-refractivity contribution in [2.24, 2.45) is 0 Å². The third-order valence-corrected chi connectivity index (χ3v) is 5.43. The van der Waals surface area contributed by atoms with Crippen LogP contribution in [0.25, 0.3) is 32.5 Å². The van der Waals surface area contributed by atoms with Crippen LogP contribution in [0.3, 0.4) is 0 Å². The van der Waals surface area contributed by atoms with Crippen molar-refractivity contribution in [3.63, 3.8) is 0 Å². The number of rotatable bonds is 5. The van der Waals surface area contributed by atoms with Gasteiger partial charge in [0.15, 0.2) is 23.0 Å². The summed E-state index contributed by atoms with van der Waals surface area (Å²) in [5.41, 5.74) is 1.95. The quantitative estimate of drug-likeness (QED) is 0.296. The van der Waals surface area contributed by atoms with Gasteiger partial charge in [-0.15, -0.1) is 10.2 Å². The molecule has 0 unspecified atom stereocenters. The predicted molar refractivity (Wildman–Crippen MR) is 116 cm³/mol. The van der Waals surface area contributed by atoms with E-state index < -0.39 is 10.2 Å². The highest BCUT2D eigenvalue weighted by molar-refractivity contribution is 6.17. The maximum Gasteiger partial charge on any atom is 0.369 e. The van der Waals surface area contributed by atoms with E-state index in [-0.39, 0.29) is 0 Å². The standard InChI is InChI=1S/C24H25O5.ClHO4/c1-7-18-16-11-21(27-5)22(28-6)12-17(16)23-13(2)8-14-9-19(25-3)20(26-4)10-15(14)24(23)29-18;2-1(3,4)5/h8-12H,7H2,1-6H3;(H,2,3,4,5)/q+1;/p-1. The largest absolute Gasteiger partial charge is 0.493 e. The first-order valence-electron chi connectivity index (χ1n) is 10.2. The van der Waals surface area contributed by atoms with Crippen molar-refractivity contribution < 1.29 is 52.2 Å². The van der Waals surface area contributed by atoms with Crippen LogP contribution in [-0.2, 0) is 6.42 Å². The lowest BCUT2D eigenvalue weighted by molar-refractivity contribution is -2.00. The van der Waals surface area contributed by atoms with Crippen LogP contribution < -0.4 is 37.6 Å². The van der Waals surface area contributed by atoms with Gasteiger partial charge in [-0.1, -0.05) is 6.92 Å². The Hall–Kier alpha value is -3.08. The highest BCUT2D eigenvalue weighted by atomic mass is 35.7. The fraction of sp³-hybridized carbons (Fsp3) is 0.292. The van der Waals surface area contributed by atoms with Gasteiger partial charge >= 0.3 is 11.3 Å². The van der Waals surface area contributed by atoms with Crippen LogP contribution in [0.15, 0.2) is 34.7 Å². The molecule has 1 aromatic heterocycles. The van der Waals surface area contributed by atoms with E-state index in [0.29, 0.717) is 23.0 Å². The van der Waals surface area contributed by atoms with Gasteiger partial charge in [-0.2, -0.15) is 0 Å². The minimum Gasteiger partial charge on any atom is -0.493 e. The zero-order valence-corrected chi connectivity index (χ0v) is 20.4. The molecule has 1 heterocycles. The molecule has 9 nitrogen and oxygen atoms in total. The lowest BCUT2D eigenvalue weighted by Gasteiger charge is -2.17. The first-order valence-corrected chi connectivity index (χ1v) is 11.4. The van der Waals surface area contributed by atoms with Crippen molar-refractivity contribution in [2.75, 3.05) is 28.4 Å². The Morgan fingerprint density at radius 2 is 1.15 bits per heavy atom. The van der Waals surface area contributed by atoms with Gasteiger partial charge in [0.25, 0.3) is 0 Å². The van der Waals surface area contributed by atoms with Gasteiger partial charge in [0.1, 0.15) is 0 Å². The van der Waals surface area contributed by atoms with Gasteiger partial charge < -0.3 is 18.9 Å². The molecule has 0 radical (unpaired) electrons. The highest BCUT2D eigenvalue weighted by Gasteiger charge is 2.25. The first-order chi connectivity index (χ1) is 16.1. The molecular weight excluding hydrogens is 468 g/mol. The topological polar surface area (TPSA) is 140 Å². The summed E-state index contributed by atoms with van der Waals surface area (Å²) < 4.78 is 62.5. The van der Waals surface area contributed by atoms with Crippen molar-refractivity contribution in [1.29, 1.82) is 0 Å². The average molecular weight is 493 g/mol. The average Bonchev–Trinajstić information content (AvgIpc) is 2.80. The number of aryl methyl sites for hydroxylation is 2. The second kappa shape index (κ2) is 10.0. The zero-order valence-electron chi connectivity index (χ0n) is 19.6. The molecule has 0 aliphatic rings. The van der Waals surface area contributed by atoms with Crippen LogP contribution in [0.5, 0.6) is 23.0 Å². The molecule has 4 aromatic rings. The molecule has 0 fully saturated rings. The van der Waals surface area contributed by atoms with E-state index in [4.69, 9.17) is 42.0 Å². The lowest BCUT2D eigenvalue weighted by Crippen LogP contribution is -2.68. The van der Waals surface area contributed by atoms with E-state index >= 15 is 0 Å². The molecule has 3 aromatic carbocycles. The Morgan fingerprint density at radius 1 is 0.706 bits per heavy atom. The highest BCUT2D eigenvalue weighted by Crippen LogP contribution is 2.43. The maximum absolute atomic E-state index is 8.49. The van der Waals surface area contributed by atoms with E-state index in [2.05, 4.69) is 19.9 Å². The van der Waals surface area contributed by atoms with Crippen LogP contribution in [0.4, 0.5) is 0 Å². The molecule has 182 valence electrons. The molecule has 0 saturated heterocycles. The zero-order chi connectivity index (χ0) is 25.2. The summed E-state index contributed by atoms with van der Waals surface area (Å²) in [6.45, 7) is 4.18. The SMILES string of the molecule is CCc1[o+]c2c3cc(OC)c(OC)cc3cc(C)c2c2cc(OC)c(OC)cc12.[O-][Cl+3]([O-])([O-])[O-]. The van der Waals surface area contributed by atoms with Crippen molar-refractivity contribution in [3.05, 3.63) is 41.7 Å². The molecule has 10 heteroatoms. The molecular formula is C24H25ClO9. The second-order valence-electron chi connectivity index (χ2n) is 7.34. The monoisotopic (exact) mass is 492 g/mol. The van der Waals surface area contributed by atoms with Gasteiger partial charge in [0.2, 0.25) is 0 Å². The third kappa shape index (κ3) is 5.03. The number of fused-ring (bicyclic) bond motifs is 5. The number of hydrogen-bond donors (Lipinski definition) is 0. The summed E-state index contributed by atoms with van der Waals surface area (Å²) in [4.78, 5) is 0. The van der Waals surface area contributed by atoms with E-state index in [0.717, 1.165) is 50.3 Å². The summed E-state index contributed by atoms with van der Waals surface area (Å²) in [6.07, 6.45) is 0.755. The van der Waals surface area contributed by atoms with Crippen molar-refractivity contribution in [1.82, 2.24) is 0 Å². The van der Waals surface area contributed by atoms with E-state index in [9.17, 15) is 0 Å². The Morgan fingerprint density at radius 3 is 1.62 bits per heavy atom.